The number of allylic oxidation sites excluding steroid dienone is 2. The Morgan fingerprint density at radius 3 is 2.75 bits per heavy atom. The Balaban J connectivity index is 1.70. The zero-order chi connectivity index (χ0) is 19.9. The number of imidazole rings is 1. The number of nitrogens with zero attached hydrogens (tertiary/aromatic N) is 2. The number of aromatic amines is 1. The molecule has 7 nitrogen and oxygen atoms in total. The summed E-state index contributed by atoms with van der Waals surface area (Å²) in [7, 11) is 1.35. The number of fused-ring (bicyclic) bond motifs is 1. The highest BCUT2D eigenvalue weighted by molar-refractivity contribution is 5.94. The highest BCUT2D eigenvalue weighted by Crippen LogP contribution is 2.22. The molecule has 2 aromatic carbocycles. The number of carbonyl (C=O) groups excluding carboxylic acids is 1. The van der Waals surface area contributed by atoms with E-state index in [-0.39, 0.29) is 5.97 Å². The minimum atomic E-state index is -0.387. The van der Waals surface area contributed by atoms with E-state index in [0.717, 1.165) is 16.7 Å². The number of carbonyl (C=O) groups is 1. The molecule has 0 fully saturated rings. The van der Waals surface area contributed by atoms with Gasteiger partial charge in [-0.3, -0.25) is 4.99 Å². The molecule has 0 atom stereocenters. The van der Waals surface area contributed by atoms with E-state index >= 15 is 0 Å². The summed E-state index contributed by atoms with van der Waals surface area (Å²) in [6, 6.07) is 12.6. The van der Waals surface area contributed by atoms with E-state index in [2.05, 4.69) is 26.9 Å². The number of benzene rings is 2. The van der Waals surface area contributed by atoms with Gasteiger partial charge in [-0.2, -0.15) is 0 Å². The predicted octanol–water partition coefficient (Wildman–Crippen LogP) is 4.59. The normalized spacial score (nSPS) is 11.6. The van der Waals surface area contributed by atoms with Crippen LogP contribution in [0.3, 0.4) is 0 Å². The highest BCUT2D eigenvalue weighted by Gasteiger charge is 2.09. The molecule has 0 spiro atoms. The average Bonchev–Trinajstić information content (AvgIpc) is 3.10. The number of nitrogens with one attached hydrogen (secondary N) is 2. The zero-order valence-corrected chi connectivity index (χ0v) is 15.6. The van der Waals surface area contributed by atoms with E-state index in [0.29, 0.717) is 23.0 Å². The highest BCUT2D eigenvalue weighted by atomic mass is 16.5. The number of H-pyrrole nitrogens is 1. The summed E-state index contributed by atoms with van der Waals surface area (Å²) < 4.78 is 10.4. The van der Waals surface area contributed by atoms with Crippen LogP contribution in [0.2, 0.25) is 0 Å². The molecule has 3 aromatic rings. The molecule has 3 rings (SSSR count). The third-order valence-corrected chi connectivity index (χ3v) is 3.80. The molecule has 0 aliphatic carbocycles. The van der Waals surface area contributed by atoms with E-state index in [4.69, 9.17) is 9.47 Å². The molecule has 0 saturated carbocycles. The summed E-state index contributed by atoms with van der Waals surface area (Å²) in [5.41, 5.74) is 2.80. The fraction of sp³-hybridized carbons (Fsp3) is 0.0952. The van der Waals surface area contributed by atoms with Gasteiger partial charge < -0.3 is 19.8 Å². The summed E-state index contributed by atoms with van der Waals surface area (Å²) >= 11 is 0. The first kappa shape index (κ1) is 18.9. The molecule has 1 aromatic heterocycles. The molecule has 28 heavy (non-hydrogen) atoms. The zero-order valence-electron chi connectivity index (χ0n) is 15.6. The Hall–Kier alpha value is -3.87. The molecule has 0 amide bonds. The van der Waals surface area contributed by atoms with Crippen LogP contribution in [0.1, 0.15) is 17.3 Å². The van der Waals surface area contributed by atoms with E-state index < -0.39 is 0 Å². The van der Waals surface area contributed by atoms with E-state index in [9.17, 15) is 4.79 Å². The Labute approximate surface area is 162 Å². The molecular formula is C21H20N4O3. The number of aliphatic imine (C=N–C) groups is 1. The van der Waals surface area contributed by atoms with Gasteiger partial charge in [0.15, 0.2) is 0 Å². The van der Waals surface area contributed by atoms with Crippen LogP contribution < -0.4 is 10.1 Å². The van der Waals surface area contributed by atoms with Gasteiger partial charge in [-0.05, 0) is 55.5 Å². The van der Waals surface area contributed by atoms with Crippen LogP contribution in [0.15, 0.2) is 72.1 Å². The maximum absolute atomic E-state index is 11.6. The van der Waals surface area contributed by atoms with Crippen molar-refractivity contribution in [2.75, 3.05) is 12.4 Å². The third kappa shape index (κ3) is 4.64. The van der Waals surface area contributed by atoms with Crippen molar-refractivity contribution in [3.63, 3.8) is 0 Å². The monoisotopic (exact) mass is 376 g/mol. The maximum atomic E-state index is 11.6. The Bertz CT molecular complexity index is 1050. The minimum Gasteiger partial charge on any atom is -0.465 e. The van der Waals surface area contributed by atoms with Crippen LogP contribution in [-0.4, -0.2) is 29.3 Å². The molecule has 0 saturated heterocycles. The molecule has 142 valence electrons. The van der Waals surface area contributed by atoms with Gasteiger partial charge in [0.1, 0.15) is 11.5 Å². The molecule has 2 N–H and O–H groups in total. The Morgan fingerprint density at radius 1 is 1.25 bits per heavy atom. The lowest BCUT2D eigenvalue weighted by Gasteiger charge is -2.07. The lowest BCUT2D eigenvalue weighted by molar-refractivity contribution is 0.0601. The largest absolute Gasteiger partial charge is 0.465 e. The van der Waals surface area contributed by atoms with Gasteiger partial charge in [-0.1, -0.05) is 6.58 Å². The summed E-state index contributed by atoms with van der Waals surface area (Å²) in [5, 5.41) is 3.19. The van der Waals surface area contributed by atoms with Crippen LogP contribution in [0, 0.1) is 0 Å². The van der Waals surface area contributed by atoms with Gasteiger partial charge >= 0.3 is 5.97 Å². The number of hydrogen-bond acceptors (Lipinski definition) is 6. The van der Waals surface area contributed by atoms with Crippen molar-refractivity contribution >= 4 is 34.9 Å². The van der Waals surface area contributed by atoms with E-state index in [1.165, 1.54) is 13.3 Å². The first-order valence-electron chi connectivity index (χ1n) is 8.53. The second-order valence-electron chi connectivity index (χ2n) is 5.82. The van der Waals surface area contributed by atoms with Gasteiger partial charge in [0, 0.05) is 18.1 Å². The van der Waals surface area contributed by atoms with Gasteiger partial charge in [-0.25, -0.2) is 9.78 Å². The molecule has 0 aliphatic heterocycles. The quantitative estimate of drug-likeness (QED) is 0.358. The van der Waals surface area contributed by atoms with Crippen LogP contribution >= 0.6 is 0 Å². The number of ether oxygens (including phenoxy) is 2. The van der Waals surface area contributed by atoms with Crippen molar-refractivity contribution in [3.8, 4) is 5.75 Å². The van der Waals surface area contributed by atoms with Crippen LogP contribution in [-0.2, 0) is 4.74 Å². The van der Waals surface area contributed by atoms with Crippen molar-refractivity contribution in [3.05, 3.63) is 72.6 Å². The van der Waals surface area contributed by atoms with Crippen LogP contribution in [0.25, 0.3) is 11.0 Å². The van der Waals surface area contributed by atoms with Crippen LogP contribution in [0.4, 0.5) is 11.6 Å². The topological polar surface area (TPSA) is 88.6 Å². The van der Waals surface area contributed by atoms with Crippen molar-refractivity contribution in [1.82, 2.24) is 9.97 Å². The average molecular weight is 376 g/mol. The van der Waals surface area contributed by atoms with E-state index in [1.807, 2.05) is 31.2 Å². The summed E-state index contributed by atoms with van der Waals surface area (Å²) in [6.07, 6.45) is 4.83. The lowest BCUT2D eigenvalue weighted by atomic mass is 10.2. The van der Waals surface area contributed by atoms with Crippen molar-refractivity contribution in [2.24, 2.45) is 4.99 Å². The van der Waals surface area contributed by atoms with Crippen molar-refractivity contribution in [1.29, 1.82) is 0 Å². The number of rotatable bonds is 7. The molecule has 0 aliphatic rings. The predicted molar refractivity (Wildman–Crippen MR) is 110 cm³/mol. The molecule has 7 heteroatoms. The molecule has 0 radical (unpaired) electrons. The lowest BCUT2D eigenvalue weighted by Crippen LogP contribution is -2.00. The fourth-order valence-corrected chi connectivity index (χ4v) is 2.49. The van der Waals surface area contributed by atoms with Gasteiger partial charge in [0.05, 0.1) is 23.7 Å². The number of anilines is 2. The summed E-state index contributed by atoms with van der Waals surface area (Å²) in [6.45, 7) is 5.36. The second kappa shape index (κ2) is 8.68. The SMILES string of the molecule is C=CN=C/C=C(\C)Oc1ccc(Nc2nc3ccc(C(=O)OC)cc3[nH]2)cc1. The van der Waals surface area contributed by atoms with Gasteiger partial charge in [0.25, 0.3) is 0 Å². The molecule has 1 heterocycles. The number of esters is 1. The number of aromatic nitrogens is 2. The summed E-state index contributed by atoms with van der Waals surface area (Å²) in [4.78, 5) is 23.1. The first-order valence-corrected chi connectivity index (χ1v) is 8.53. The number of hydrogen-bond donors (Lipinski definition) is 2. The Morgan fingerprint density at radius 2 is 2.04 bits per heavy atom. The van der Waals surface area contributed by atoms with Crippen molar-refractivity contribution in [2.45, 2.75) is 6.92 Å². The summed E-state index contributed by atoms with van der Waals surface area (Å²) in [5.74, 6) is 1.60. The first-order chi connectivity index (χ1) is 13.6. The molecular weight excluding hydrogens is 356 g/mol. The molecule has 0 unspecified atom stereocenters. The van der Waals surface area contributed by atoms with Crippen molar-refractivity contribution < 1.29 is 14.3 Å². The van der Waals surface area contributed by atoms with Crippen LogP contribution in [0.5, 0.6) is 5.75 Å². The number of methoxy groups -OCH3 is 1. The molecule has 0 bridgehead atoms. The second-order valence-corrected chi connectivity index (χ2v) is 5.82. The Kier molecular flexibility index (Phi) is 5.86. The van der Waals surface area contributed by atoms with Gasteiger partial charge in [0.2, 0.25) is 5.95 Å². The maximum Gasteiger partial charge on any atom is 0.337 e. The smallest absolute Gasteiger partial charge is 0.337 e. The van der Waals surface area contributed by atoms with Gasteiger partial charge in [-0.15, -0.1) is 0 Å². The minimum absolute atomic E-state index is 0.387. The standard InChI is InChI=1S/C21H20N4O3/c1-4-22-12-11-14(2)28-17-8-6-16(7-9-17)23-21-24-18-10-5-15(20(26)27-3)13-19(18)25-21/h4-13H,1H2,2-3H3,(H2,23,24,25)/b14-11+,22-12?. The van der Waals surface area contributed by atoms with E-state index in [1.54, 1.807) is 30.5 Å². The fourth-order valence-electron chi connectivity index (χ4n) is 2.49. The third-order valence-electron chi connectivity index (χ3n) is 3.80.